The summed E-state index contributed by atoms with van der Waals surface area (Å²) in [7, 11) is 2.17. The Bertz CT molecular complexity index is 421. The van der Waals surface area contributed by atoms with Crippen molar-refractivity contribution < 1.29 is 4.79 Å². The molecule has 0 spiro atoms. The van der Waals surface area contributed by atoms with Crippen LogP contribution in [0.5, 0.6) is 0 Å². The second-order valence-corrected chi connectivity index (χ2v) is 6.08. The number of aromatic nitrogens is 1. The number of carbonyl (C=O) groups excluding carboxylic acids is 1. The Morgan fingerprint density at radius 3 is 3.14 bits per heavy atom. The quantitative estimate of drug-likeness (QED) is 0.783. The second kappa shape index (κ2) is 8.78. The molecule has 2 heterocycles. The van der Waals surface area contributed by atoms with Gasteiger partial charge in [0.2, 0.25) is 5.91 Å². The van der Waals surface area contributed by atoms with Crippen LogP contribution in [0.25, 0.3) is 0 Å². The molecule has 0 aliphatic carbocycles. The molecule has 1 N–H and O–H groups in total. The molecule has 0 saturated carbocycles. The van der Waals surface area contributed by atoms with Gasteiger partial charge in [-0.1, -0.05) is 6.07 Å². The number of rotatable bonds is 7. The second-order valence-electron chi connectivity index (χ2n) is 6.08. The first kappa shape index (κ1) is 16.0. The van der Waals surface area contributed by atoms with Crippen molar-refractivity contribution in [2.24, 2.45) is 5.92 Å². The van der Waals surface area contributed by atoms with Crippen LogP contribution in [0.4, 0.5) is 0 Å². The minimum absolute atomic E-state index is 0.198. The molecule has 1 aromatic heterocycles. The highest BCUT2D eigenvalue weighted by atomic mass is 16.1. The summed E-state index contributed by atoms with van der Waals surface area (Å²) in [5.41, 5.74) is 1.09. The monoisotopic (exact) mass is 289 g/mol. The van der Waals surface area contributed by atoms with Gasteiger partial charge in [0.25, 0.3) is 0 Å². The van der Waals surface area contributed by atoms with Crippen molar-refractivity contribution in [3.8, 4) is 0 Å². The van der Waals surface area contributed by atoms with Crippen LogP contribution in [0, 0.1) is 5.92 Å². The van der Waals surface area contributed by atoms with E-state index in [-0.39, 0.29) is 5.91 Å². The fraction of sp³-hybridized carbons (Fsp3) is 0.647. The Morgan fingerprint density at radius 1 is 1.48 bits per heavy atom. The molecule has 1 saturated heterocycles. The minimum Gasteiger partial charge on any atom is -0.356 e. The first-order valence-electron chi connectivity index (χ1n) is 8.09. The summed E-state index contributed by atoms with van der Waals surface area (Å²) in [5, 5.41) is 3.02. The highest BCUT2D eigenvalue weighted by molar-refractivity contribution is 5.75. The molecule has 0 aromatic carbocycles. The van der Waals surface area contributed by atoms with E-state index >= 15 is 0 Å². The van der Waals surface area contributed by atoms with Gasteiger partial charge in [-0.3, -0.25) is 9.78 Å². The molecule has 116 valence electrons. The minimum atomic E-state index is 0.198. The Hall–Kier alpha value is -1.42. The fourth-order valence-electron chi connectivity index (χ4n) is 2.98. The van der Waals surface area contributed by atoms with Gasteiger partial charge in [0.15, 0.2) is 0 Å². The highest BCUT2D eigenvalue weighted by Crippen LogP contribution is 2.19. The predicted molar refractivity (Wildman–Crippen MR) is 85.0 cm³/mol. The van der Waals surface area contributed by atoms with Crippen LogP contribution in [-0.4, -0.2) is 42.5 Å². The lowest BCUT2D eigenvalue weighted by molar-refractivity contribution is -0.121. The number of hydrogen-bond donors (Lipinski definition) is 1. The molecule has 4 nitrogen and oxygen atoms in total. The number of piperidine rings is 1. The molecule has 1 atom stereocenters. The number of aryl methyl sites for hydroxylation is 1. The summed E-state index contributed by atoms with van der Waals surface area (Å²) in [6, 6.07) is 5.96. The highest BCUT2D eigenvalue weighted by Gasteiger charge is 2.17. The molecule has 1 aliphatic heterocycles. The SMILES string of the molecule is CN1CCC[C@@H](CCC(=O)NCCCc2ccccn2)C1. The van der Waals surface area contributed by atoms with Gasteiger partial charge in [-0.05, 0) is 63.7 Å². The summed E-state index contributed by atoms with van der Waals surface area (Å²) in [6.07, 6.45) is 7.93. The summed E-state index contributed by atoms with van der Waals surface area (Å²) in [6.45, 7) is 3.10. The van der Waals surface area contributed by atoms with E-state index < -0.39 is 0 Å². The first-order chi connectivity index (χ1) is 10.2. The third kappa shape index (κ3) is 6.25. The van der Waals surface area contributed by atoms with E-state index in [1.807, 2.05) is 24.4 Å². The number of pyridine rings is 1. The molecule has 0 unspecified atom stereocenters. The average molecular weight is 289 g/mol. The number of carbonyl (C=O) groups is 1. The Balaban J connectivity index is 1.53. The summed E-state index contributed by atoms with van der Waals surface area (Å²) >= 11 is 0. The maximum Gasteiger partial charge on any atom is 0.220 e. The van der Waals surface area contributed by atoms with E-state index in [0.717, 1.165) is 38.0 Å². The van der Waals surface area contributed by atoms with Gasteiger partial charge in [0.1, 0.15) is 0 Å². The maximum atomic E-state index is 11.8. The summed E-state index contributed by atoms with van der Waals surface area (Å²) in [5.74, 6) is 0.896. The normalized spacial score (nSPS) is 19.4. The molecule has 0 bridgehead atoms. The van der Waals surface area contributed by atoms with Gasteiger partial charge in [-0.15, -0.1) is 0 Å². The zero-order valence-corrected chi connectivity index (χ0v) is 13.1. The smallest absolute Gasteiger partial charge is 0.220 e. The lowest BCUT2D eigenvalue weighted by Gasteiger charge is -2.29. The largest absolute Gasteiger partial charge is 0.356 e. The topological polar surface area (TPSA) is 45.2 Å². The Kier molecular flexibility index (Phi) is 6.67. The van der Waals surface area contributed by atoms with Crippen molar-refractivity contribution >= 4 is 5.91 Å². The molecule has 1 amide bonds. The molecular weight excluding hydrogens is 262 g/mol. The van der Waals surface area contributed by atoms with Gasteiger partial charge >= 0.3 is 0 Å². The van der Waals surface area contributed by atoms with E-state index in [1.54, 1.807) is 0 Å². The molecule has 4 heteroatoms. The van der Waals surface area contributed by atoms with Crippen molar-refractivity contribution in [2.45, 2.75) is 38.5 Å². The van der Waals surface area contributed by atoms with E-state index in [9.17, 15) is 4.79 Å². The van der Waals surface area contributed by atoms with E-state index in [0.29, 0.717) is 12.3 Å². The third-order valence-electron chi connectivity index (χ3n) is 4.16. The zero-order valence-electron chi connectivity index (χ0n) is 13.1. The molecule has 1 aliphatic rings. The predicted octanol–water partition coefficient (Wildman–Crippen LogP) is 2.25. The van der Waals surface area contributed by atoms with Crippen molar-refractivity contribution in [2.75, 3.05) is 26.7 Å². The zero-order chi connectivity index (χ0) is 14.9. The van der Waals surface area contributed by atoms with Crippen molar-refractivity contribution in [3.05, 3.63) is 30.1 Å². The van der Waals surface area contributed by atoms with Crippen LogP contribution in [0.2, 0.25) is 0 Å². The van der Waals surface area contributed by atoms with Crippen LogP contribution in [0.3, 0.4) is 0 Å². The first-order valence-corrected chi connectivity index (χ1v) is 8.09. The van der Waals surface area contributed by atoms with Gasteiger partial charge in [0, 0.05) is 31.4 Å². The molecule has 2 rings (SSSR count). The van der Waals surface area contributed by atoms with Crippen LogP contribution >= 0.6 is 0 Å². The number of hydrogen-bond acceptors (Lipinski definition) is 3. The number of amides is 1. The van der Waals surface area contributed by atoms with Crippen molar-refractivity contribution in [3.63, 3.8) is 0 Å². The van der Waals surface area contributed by atoms with Gasteiger partial charge in [0.05, 0.1) is 0 Å². The lowest BCUT2D eigenvalue weighted by atomic mass is 9.93. The maximum absolute atomic E-state index is 11.8. The van der Waals surface area contributed by atoms with Crippen molar-refractivity contribution in [1.82, 2.24) is 15.2 Å². The van der Waals surface area contributed by atoms with Crippen LogP contribution < -0.4 is 5.32 Å². The number of nitrogens with zero attached hydrogens (tertiary/aromatic N) is 2. The third-order valence-corrected chi connectivity index (χ3v) is 4.16. The van der Waals surface area contributed by atoms with Crippen LogP contribution in [0.1, 0.15) is 37.8 Å². The van der Waals surface area contributed by atoms with Crippen LogP contribution in [0.15, 0.2) is 24.4 Å². The summed E-state index contributed by atoms with van der Waals surface area (Å²) in [4.78, 5) is 18.5. The molecule has 21 heavy (non-hydrogen) atoms. The Morgan fingerprint density at radius 2 is 2.38 bits per heavy atom. The number of nitrogens with one attached hydrogen (secondary N) is 1. The lowest BCUT2D eigenvalue weighted by Crippen LogP contribution is -2.33. The van der Waals surface area contributed by atoms with Gasteiger partial charge in [-0.25, -0.2) is 0 Å². The van der Waals surface area contributed by atoms with Crippen molar-refractivity contribution in [1.29, 1.82) is 0 Å². The van der Waals surface area contributed by atoms with Gasteiger partial charge in [-0.2, -0.15) is 0 Å². The Labute approximate surface area is 127 Å². The van der Waals surface area contributed by atoms with E-state index in [4.69, 9.17) is 0 Å². The molecule has 1 fully saturated rings. The van der Waals surface area contributed by atoms with Crippen LogP contribution in [-0.2, 0) is 11.2 Å². The molecule has 0 radical (unpaired) electrons. The van der Waals surface area contributed by atoms with Gasteiger partial charge < -0.3 is 10.2 Å². The molecule has 1 aromatic rings. The van der Waals surface area contributed by atoms with E-state index in [1.165, 1.54) is 19.4 Å². The standard InChI is InChI=1S/C17H27N3O/c1-20-13-5-6-15(14-20)9-10-17(21)19-12-4-8-16-7-2-3-11-18-16/h2-3,7,11,15H,4-6,8-10,12-14H2,1H3,(H,19,21)/t15-/m0/s1. The summed E-state index contributed by atoms with van der Waals surface area (Å²) < 4.78 is 0. The average Bonchev–Trinajstić information content (AvgIpc) is 2.51. The fourth-order valence-corrected chi connectivity index (χ4v) is 2.98. The number of likely N-dealkylation sites (tertiary alicyclic amines) is 1. The van der Waals surface area contributed by atoms with E-state index in [2.05, 4.69) is 22.2 Å². The molecular formula is C17H27N3O.